The Balaban J connectivity index is 1.51. The number of carbonyl (C=O) groups excluding carboxylic acids is 1. The van der Waals surface area contributed by atoms with Gasteiger partial charge < -0.3 is 14.4 Å². The maximum absolute atomic E-state index is 13.2. The summed E-state index contributed by atoms with van der Waals surface area (Å²) in [7, 11) is -3.92. The van der Waals surface area contributed by atoms with Gasteiger partial charge in [-0.3, -0.25) is 4.79 Å². The van der Waals surface area contributed by atoms with Gasteiger partial charge in [-0.25, -0.2) is 8.42 Å². The number of hydrogen-bond acceptors (Lipinski definition) is 5. The fraction of sp³-hybridized carbons (Fsp3) is 0.500. The van der Waals surface area contributed by atoms with Crippen molar-refractivity contribution in [2.75, 3.05) is 32.8 Å². The average Bonchev–Trinajstić information content (AvgIpc) is 2.83. The highest BCUT2D eigenvalue weighted by molar-refractivity contribution is 7.89. The van der Waals surface area contributed by atoms with E-state index in [1.165, 1.54) is 4.31 Å². The zero-order valence-corrected chi connectivity index (χ0v) is 22.3. The molecule has 7 nitrogen and oxygen atoms in total. The number of alkyl halides is 3. The second-order valence-electron chi connectivity index (χ2n) is 9.82. The number of halogens is 3. The molecular weight excluding hydrogens is 509 g/mol. The number of piperazine rings is 1. The van der Waals surface area contributed by atoms with Crippen molar-refractivity contribution in [3.05, 3.63) is 53.6 Å². The van der Waals surface area contributed by atoms with Gasteiger partial charge in [-0.2, -0.15) is 4.31 Å². The maximum Gasteiger partial charge on any atom is 0.573 e. The van der Waals surface area contributed by atoms with Crippen LogP contribution >= 0.6 is 0 Å². The number of carbonyl (C=O) groups is 1. The van der Waals surface area contributed by atoms with E-state index in [4.69, 9.17) is 4.74 Å². The molecule has 1 aliphatic rings. The van der Waals surface area contributed by atoms with E-state index in [2.05, 4.69) is 4.74 Å². The van der Waals surface area contributed by atoms with Gasteiger partial charge in [-0.05, 0) is 68.1 Å². The van der Waals surface area contributed by atoms with E-state index in [9.17, 15) is 26.4 Å². The molecule has 204 valence electrons. The molecule has 2 aromatic rings. The molecule has 2 aromatic carbocycles. The van der Waals surface area contributed by atoms with Crippen LogP contribution in [0.15, 0.2) is 47.4 Å². The summed E-state index contributed by atoms with van der Waals surface area (Å²) in [6, 6.07) is 10.1. The largest absolute Gasteiger partial charge is 0.573 e. The van der Waals surface area contributed by atoms with Crippen LogP contribution in [0.3, 0.4) is 0 Å². The Morgan fingerprint density at radius 1 is 0.973 bits per heavy atom. The molecule has 37 heavy (non-hydrogen) atoms. The summed E-state index contributed by atoms with van der Waals surface area (Å²) in [6.07, 6.45) is -3.56. The molecule has 1 saturated heterocycles. The highest BCUT2D eigenvalue weighted by Crippen LogP contribution is 2.29. The fourth-order valence-electron chi connectivity index (χ4n) is 4.19. The molecule has 0 radical (unpaired) electrons. The van der Waals surface area contributed by atoms with Gasteiger partial charge in [0.25, 0.3) is 0 Å². The molecule has 0 aromatic heterocycles. The molecule has 1 heterocycles. The van der Waals surface area contributed by atoms with Crippen LogP contribution in [0.2, 0.25) is 0 Å². The van der Waals surface area contributed by atoms with Gasteiger partial charge in [0.1, 0.15) is 11.5 Å². The summed E-state index contributed by atoms with van der Waals surface area (Å²) < 4.78 is 73.9. The Morgan fingerprint density at radius 3 is 2.19 bits per heavy atom. The van der Waals surface area contributed by atoms with E-state index in [-0.39, 0.29) is 37.0 Å². The molecule has 1 aliphatic heterocycles. The quantitative estimate of drug-likeness (QED) is 0.421. The number of hydrogen-bond donors (Lipinski definition) is 0. The number of rotatable bonds is 9. The molecule has 0 atom stereocenters. The van der Waals surface area contributed by atoms with Gasteiger partial charge in [0.2, 0.25) is 15.9 Å². The number of benzene rings is 2. The van der Waals surface area contributed by atoms with Gasteiger partial charge >= 0.3 is 6.36 Å². The van der Waals surface area contributed by atoms with Gasteiger partial charge in [-0.15, -0.1) is 13.2 Å². The Hall–Kier alpha value is -2.79. The zero-order valence-electron chi connectivity index (χ0n) is 21.5. The highest BCUT2D eigenvalue weighted by atomic mass is 32.2. The number of ether oxygens (including phenoxy) is 2. The minimum absolute atomic E-state index is 0.0510. The second-order valence-corrected chi connectivity index (χ2v) is 11.8. The van der Waals surface area contributed by atoms with Gasteiger partial charge in [-0.1, -0.05) is 26.0 Å². The SMILES string of the molecule is Cc1ccc(C)c(OCCCC(C)(C)C(=O)N2CCN(S(=O)(=O)c3ccc(OC(F)(F)F)cc3)CC2)c1. The number of nitrogens with zero attached hydrogens (tertiary/aromatic N) is 2. The van der Waals surface area contributed by atoms with Crippen molar-refractivity contribution < 1.29 is 35.9 Å². The summed E-state index contributed by atoms with van der Waals surface area (Å²) in [5, 5.41) is 0. The Labute approximate surface area is 216 Å². The second kappa shape index (κ2) is 11.3. The maximum atomic E-state index is 13.2. The van der Waals surface area contributed by atoms with E-state index in [0.29, 0.717) is 19.4 Å². The summed E-state index contributed by atoms with van der Waals surface area (Å²) in [5.41, 5.74) is 1.53. The van der Waals surface area contributed by atoms with Crippen LogP contribution in [0, 0.1) is 19.3 Å². The molecule has 0 N–H and O–H groups in total. The normalized spacial score (nSPS) is 15.5. The third-order valence-electron chi connectivity index (χ3n) is 6.35. The molecule has 0 saturated carbocycles. The minimum atomic E-state index is -4.86. The number of sulfonamides is 1. The molecule has 3 rings (SSSR count). The lowest BCUT2D eigenvalue weighted by atomic mass is 9.86. The topological polar surface area (TPSA) is 76.2 Å². The van der Waals surface area contributed by atoms with E-state index < -0.39 is 27.6 Å². The molecule has 0 bridgehead atoms. The lowest BCUT2D eigenvalue weighted by Gasteiger charge is -2.38. The van der Waals surface area contributed by atoms with Gasteiger partial charge in [0.15, 0.2) is 0 Å². The van der Waals surface area contributed by atoms with Crippen molar-refractivity contribution >= 4 is 15.9 Å². The predicted molar refractivity (Wildman–Crippen MR) is 133 cm³/mol. The van der Waals surface area contributed by atoms with Crippen LogP contribution < -0.4 is 9.47 Å². The summed E-state index contributed by atoms with van der Waals surface area (Å²) >= 11 is 0. The Morgan fingerprint density at radius 2 is 1.59 bits per heavy atom. The lowest BCUT2D eigenvalue weighted by molar-refractivity contribution is -0.274. The Kier molecular flexibility index (Phi) is 8.79. The molecule has 0 unspecified atom stereocenters. The first kappa shape index (κ1) is 28.8. The van der Waals surface area contributed by atoms with E-state index >= 15 is 0 Å². The third-order valence-corrected chi connectivity index (χ3v) is 8.26. The number of aryl methyl sites for hydroxylation is 2. The van der Waals surface area contributed by atoms with Crippen LogP contribution in [0.25, 0.3) is 0 Å². The minimum Gasteiger partial charge on any atom is -0.493 e. The van der Waals surface area contributed by atoms with Crippen molar-refractivity contribution in [1.82, 2.24) is 9.21 Å². The standard InChI is InChI=1S/C26H33F3N2O5S/c1-19-6-7-20(2)23(18-19)35-17-5-12-25(3,4)24(32)30-13-15-31(16-14-30)37(33,34)22-10-8-21(9-11-22)36-26(27,28)29/h6-11,18H,5,12-17H2,1-4H3. The van der Waals surface area contributed by atoms with Crippen molar-refractivity contribution in [1.29, 1.82) is 0 Å². The molecule has 0 aliphatic carbocycles. The van der Waals surface area contributed by atoms with Gasteiger partial charge in [0.05, 0.1) is 11.5 Å². The number of amides is 1. The van der Waals surface area contributed by atoms with Crippen LogP contribution in [0.1, 0.15) is 37.8 Å². The monoisotopic (exact) mass is 542 g/mol. The van der Waals surface area contributed by atoms with Crippen LogP contribution in [0.5, 0.6) is 11.5 Å². The van der Waals surface area contributed by atoms with Crippen molar-refractivity contribution in [3.63, 3.8) is 0 Å². The van der Waals surface area contributed by atoms with E-state index in [0.717, 1.165) is 41.1 Å². The average molecular weight is 543 g/mol. The Bertz CT molecular complexity index is 1190. The molecule has 1 amide bonds. The van der Waals surface area contributed by atoms with Crippen molar-refractivity contribution in [2.24, 2.45) is 5.41 Å². The van der Waals surface area contributed by atoms with Crippen LogP contribution in [-0.4, -0.2) is 62.7 Å². The lowest BCUT2D eigenvalue weighted by Crippen LogP contribution is -2.53. The summed E-state index contributed by atoms with van der Waals surface area (Å²) in [6.45, 7) is 8.89. The van der Waals surface area contributed by atoms with Crippen LogP contribution in [0.4, 0.5) is 13.2 Å². The van der Waals surface area contributed by atoms with Crippen molar-refractivity contribution in [2.45, 2.75) is 51.8 Å². The highest BCUT2D eigenvalue weighted by Gasteiger charge is 2.36. The first-order valence-electron chi connectivity index (χ1n) is 12.0. The molecular formula is C26H33F3N2O5S. The molecule has 0 spiro atoms. The summed E-state index contributed by atoms with van der Waals surface area (Å²) in [4.78, 5) is 14.7. The summed E-state index contributed by atoms with van der Waals surface area (Å²) in [5.74, 6) is 0.289. The third kappa shape index (κ3) is 7.61. The molecule has 1 fully saturated rings. The van der Waals surface area contributed by atoms with Crippen LogP contribution in [-0.2, 0) is 14.8 Å². The van der Waals surface area contributed by atoms with Gasteiger partial charge in [0, 0.05) is 31.6 Å². The first-order chi connectivity index (χ1) is 17.2. The van der Waals surface area contributed by atoms with E-state index in [1.807, 2.05) is 45.9 Å². The smallest absolute Gasteiger partial charge is 0.493 e. The zero-order chi connectivity index (χ0) is 27.4. The van der Waals surface area contributed by atoms with Crippen molar-refractivity contribution in [3.8, 4) is 11.5 Å². The first-order valence-corrected chi connectivity index (χ1v) is 13.5. The van der Waals surface area contributed by atoms with E-state index in [1.54, 1.807) is 4.90 Å². The molecule has 11 heteroatoms. The fourth-order valence-corrected chi connectivity index (χ4v) is 5.61. The predicted octanol–water partition coefficient (Wildman–Crippen LogP) is 4.92.